The molecule has 0 saturated carbocycles. The number of nitrogens with one attached hydrogen (secondary N) is 1. The number of hydrogen-bond donors (Lipinski definition) is 1. The summed E-state index contributed by atoms with van der Waals surface area (Å²) in [7, 11) is 6.26. The van der Waals surface area contributed by atoms with Crippen molar-refractivity contribution in [1.29, 1.82) is 0 Å². The van der Waals surface area contributed by atoms with Crippen molar-refractivity contribution >= 4 is 11.9 Å². The van der Waals surface area contributed by atoms with Gasteiger partial charge in [-0.05, 0) is 19.3 Å². The van der Waals surface area contributed by atoms with Gasteiger partial charge < -0.3 is 19.7 Å². The third kappa shape index (κ3) is 8.23. The third-order valence-electron chi connectivity index (χ3n) is 2.23. The van der Waals surface area contributed by atoms with Crippen molar-refractivity contribution < 1.29 is 19.2 Å². The minimum atomic E-state index is -1.21. The molecule has 0 aromatic heterocycles. The van der Waals surface area contributed by atoms with E-state index in [1.165, 1.54) is 6.92 Å². The molecule has 0 radical (unpaired) electrons. The fourth-order valence-electron chi connectivity index (χ4n) is 1.43. The molecule has 1 atom stereocenters. The van der Waals surface area contributed by atoms with Crippen LogP contribution in [0.2, 0.25) is 0 Å². The van der Waals surface area contributed by atoms with E-state index in [9.17, 15) is 14.7 Å². The maximum absolute atomic E-state index is 10.7. The quantitative estimate of drug-likeness (QED) is 0.456. The number of carbonyl (C=O) groups excluding carboxylic acids is 2. The molecule has 0 aliphatic carbocycles. The van der Waals surface area contributed by atoms with Crippen LogP contribution in [0.1, 0.15) is 26.2 Å². The molecular formula is C11H22N2O3. The van der Waals surface area contributed by atoms with Gasteiger partial charge in [0.25, 0.3) is 0 Å². The van der Waals surface area contributed by atoms with Crippen LogP contribution in [-0.4, -0.2) is 50.1 Å². The van der Waals surface area contributed by atoms with Gasteiger partial charge in [-0.15, -0.1) is 0 Å². The van der Waals surface area contributed by atoms with Crippen LogP contribution in [0.15, 0.2) is 0 Å². The zero-order chi connectivity index (χ0) is 12.8. The van der Waals surface area contributed by atoms with Crippen molar-refractivity contribution in [2.24, 2.45) is 0 Å². The molecular weight excluding hydrogens is 208 g/mol. The van der Waals surface area contributed by atoms with E-state index in [1.807, 2.05) is 0 Å². The Hall–Kier alpha value is -1.10. The standard InChI is InChI=1S/C11H22N2O3/c1-9(14)12-10(11(15)16)7-5-6-8-13(2,3)4/h10H,5-8H2,1-4H3,(H-,12,14,15,16). The van der Waals surface area contributed by atoms with E-state index in [-0.39, 0.29) is 5.91 Å². The molecule has 0 aromatic carbocycles. The van der Waals surface area contributed by atoms with Crippen LogP contribution in [0, 0.1) is 0 Å². The second-order valence-corrected chi connectivity index (χ2v) is 5.08. The summed E-state index contributed by atoms with van der Waals surface area (Å²) in [4.78, 5) is 21.4. The minimum absolute atomic E-state index is 0.333. The van der Waals surface area contributed by atoms with E-state index in [0.717, 1.165) is 23.9 Å². The van der Waals surface area contributed by atoms with Crippen LogP contribution in [-0.2, 0) is 9.59 Å². The summed E-state index contributed by atoms with van der Waals surface area (Å²) >= 11 is 0. The number of aliphatic carboxylic acids is 1. The van der Waals surface area contributed by atoms with Gasteiger partial charge in [-0.3, -0.25) is 4.79 Å². The first kappa shape index (κ1) is 14.9. The number of hydrogen-bond acceptors (Lipinski definition) is 3. The molecule has 1 unspecified atom stereocenters. The highest BCUT2D eigenvalue weighted by atomic mass is 16.4. The molecule has 0 bridgehead atoms. The van der Waals surface area contributed by atoms with E-state index in [2.05, 4.69) is 26.5 Å². The molecule has 0 saturated heterocycles. The van der Waals surface area contributed by atoms with Gasteiger partial charge in [0, 0.05) is 6.92 Å². The molecule has 0 rings (SSSR count). The van der Waals surface area contributed by atoms with Crippen molar-refractivity contribution in [3.8, 4) is 0 Å². The molecule has 0 spiro atoms. The number of amides is 1. The van der Waals surface area contributed by atoms with Gasteiger partial charge in [0.2, 0.25) is 5.91 Å². The molecule has 5 heteroatoms. The van der Waals surface area contributed by atoms with Crippen molar-refractivity contribution in [2.75, 3.05) is 27.7 Å². The summed E-state index contributed by atoms with van der Waals surface area (Å²) in [5.74, 6) is -1.54. The average molecular weight is 230 g/mol. The van der Waals surface area contributed by atoms with Crippen LogP contribution in [0.4, 0.5) is 0 Å². The van der Waals surface area contributed by atoms with Crippen molar-refractivity contribution in [2.45, 2.75) is 32.2 Å². The molecule has 1 N–H and O–H groups in total. The number of carboxylic acid groups (broad SMARTS) is 1. The monoisotopic (exact) mass is 230 g/mol. The number of carboxylic acids is 1. The lowest BCUT2D eigenvalue weighted by Gasteiger charge is -2.24. The minimum Gasteiger partial charge on any atom is -0.548 e. The van der Waals surface area contributed by atoms with E-state index in [1.54, 1.807) is 0 Å². The van der Waals surface area contributed by atoms with Crippen LogP contribution in [0.25, 0.3) is 0 Å². The highest BCUT2D eigenvalue weighted by Gasteiger charge is 2.12. The summed E-state index contributed by atoms with van der Waals surface area (Å²) in [6.45, 7) is 2.29. The molecule has 5 nitrogen and oxygen atoms in total. The second kappa shape index (κ2) is 6.48. The summed E-state index contributed by atoms with van der Waals surface area (Å²) in [6, 6.07) is -0.857. The lowest BCUT2D eigenvalue weighted by atomic mass is 10.1. The van der Waals surface area contributed by atoms with Gasteiger partial charge in [-0.2, -0.15) is 0 Å². The topological polar surface area (TPSA) is 69.2 Å². The van der Waals surface area contributed by atoms with Crippen molar-refractivity contribution in [3.05, 3.63) is 0 Å². The Kier molecular flexibility index (Phi) is 6.03. The maximum Gasteiger partial charge on any atom is 0.217 e. The predicted molar refractivity (Wildman–Crippen MR) is 59.4 cm³/mol. The average Bonchev–Trinajstić information content (AvgIpc) is 2.07. The molecule has 0 aromatic rings. The Morgan fingerprint density at radius 2 is 1.81 bits per heavy atom. The molecule has 0 heterocycles. The molecule has 16 heavy (non-hydrogen) atoms. The first-order valence-corrected chi connectivity index (χ1v) is 5.51. The Bertz CT molecular complexity index is 246. The van der Waals surface area contributed by atoms with Gasteiger partial charge in [-0.25, -0.2) is 0 Å². The van der Waals surface area contributed by atoms with Crippen molar-refractivity contribution in [1.82, 2.24) is 5.32 Å². The molecule has 1 amide bonds. The number of unbranched alkanes of at least 4 members (excludes halogenated alkanes) is 1. The first-order chi connectivity index (χ1) is 7.22. The first-order valence-electron chi connectivity index (χ1n) is 5.51. The van der Waals surface area contributed by atoms with E-state index < -0.39 is 12.0 Å². The van der Waals surface area contributed by atoms with Gasteiger partial charge in [0.05, 0.1) is 39.7 Å². The lowest BCUT2D eigenvalue weighted by molar-refractivity contribution is -0.870. The Labute approximate surface area is 97.0 Å². The SMILES string of the molecule is CC(=O)NC(CCCC[N+](C)(C)C)C(=O)[O-]. The second-order valence-electron chi connectivity index (χ2n) is 5.08. The van der Waals surface area contributed by atoms with Gasteiger partial charge in [0.15, 0.2) is 0 Å². The number of nitrogens with zero attached hydrogens (tertiary/aromatic N) is 1. The van der Waals surface area contributed by atoms with Crippen LogP contribution in [0.3, 0.4) is 0 Å². The zero-order valence-corrected chi connectivity index (χ0v) is 10.6. The highest BCUT2D eigenvalue weighted by molar-refractivity contribution is 5.80. The zero-order valence-electron chi connectivity index (χ0n) is 10.6. The molecule has 0 aliphatic rings. The largest absolute Gasteiger partial charge is 0.548 e. The smallest absolute Gasteiger partial charge is 0.217 e. The van der Waals surface area contributed by atoms with E-state index in [0.29, 0.717) is 6.42 Å². The lowest BCUT2D eigenvalue weighted by Crippen LogP contribution is -2.47. The Morgan fingerprint density at radius 1 is 1.25 bits per heavy atom. The summed E-state index contributed by atoms with van der Waals surface area (Å²) in [5, 5.41) is 13.1. The maximum atomic E-state index is 10.7. The molecule has 94 valence electrons. The highest BCUT2D eigenvalue weighted by Crippen LogP contribution is 2.03. The fraction of sp³-hybridized carbons (Fsp3) is 0.818. The molecule has 0 aliphatic heterocycles. The Morgan fingerprint density at radius 3 is 2.19 bits per heavy atom. The van der Waals surface area contributed by atoms with Crippen molar-refractivity contribution in [3.63, 3.8) is 0 Å². The van der Waals surface area contributed by atoms with Gasteiger partial charge in [-0.1, -0.05) is 0 Å². The third-order valence-corrected chi connectivity index (χ3v) is 2.23. The van der Waals surface area contributed by atoms with Gasteiger partial charge in [0.1, 0.15) is 0 Å². The van der Waals surface area contributed by atoms with Crippen LogP contribution >= 0.6 is 0 Å². The Balaban J connectivity index is 3.86. The van der Waals surface area contributed by atoms with Crippen LogP contribution in [0.5, 0.6) is 0 Å². The summed E-state index contributed by atoms with van der Waals surface area (Å²) in [5.41, 5.74) is 0. The number of quaternary nitrogens is 1. The fourth-order valence-corrected chi connectivity index (χ4v) is 1.43. The van der Waals surface area contributed by atoms with Crippen LogP contribution < -0.4 is 10.4 Å². The number of carbonyl (C=O) groups is 2. The predicted octanol–water partition coefficient (Wildman–Crippen LogP) is -0.882. The van der Waals surface area contributed by atoms with Gasteiger partial charge >= 0.3 is 0 Å². The normalized spacial score (nSPS) is 13.2. The van der Waals surface area contributed by atoms with E-state index in [4.69, 9.17) is 0 Å². The van der Waals surface area contributed by atoms with E-state index >= 15 is 0 Å². The molecule has 0 fully saturated rings. The number of rotatable bonds is 7. The summed E-state index contributed by atoms with van der Waals surface area (Å²) in [6.07, 6.45) is 2.14. The summed E-state index contributed by atoms with van der Waals surface area (Å²) < 4.78 is 0.857.